The smallest absolute Gasteiger partial charge is 0.305 e. The van der Waals surface area contributed by atoms with Crippen molar-refractivity contribution in [2.45, 2.75) is 25.0 Å². The standard InChI is InChI=1S/C18H15F2NO4/c19-12-6-4-10(5-7-12)14(9-16(22)23)21-18(24)15-8-11-2-1-3-13(20)17(11)25-15/h1-7,14-15H,8-9H2,(H,21,24)(H,22,23). The van der Waals surface area contributed by atoms with Crippen molar-refractivity contribution in [2.75, 3.05) is 0 Å². The topological polar surface area (TPSA) is 75.6 Å². The van der Waals surface area contributed by atoms with Crippen molar-refractivity contribution in [3.05, 3.63) is 65.2 Å². The maximum absolute atomic E-state index is 13.7. The molecule has 0 radical (unpaired) electrons. The van der Waals surface area contributed by atoms with Crippen LogP contribution in [0, 0.1) is 11.6 Å². The lowest BCUT2D eigenvalue weighted by Gasteiger charge is -2.20. The molecule has 1 amide bonds. The minimum Gasteiger partial charge on any atom is -0.481 e. The summed E-state index contributed by atoms with van der Waals surface area (Å²) < 4.78 is 32.1. The van der Waals surface area contributed by atoms with Crippen molar-refractivity contribution in [3.8, 4) is 5.75 Å². The van der Waals surface area contributed by atoms with E-state index in [1.165, 1.54) is 36.4 Å². The number of fused-ring (bicyclic) bond motifs is 1. The second-order valence-electron chi connectivity index (χ2n) is 5.75. The Morgan fingerprint density at radius 1 is 1.20 bits per heavy atom. The molecule has 0 bridgehead atoms. The van der Waals surface area contributed by atoms with Crippen molar-refractivity contribution >= 4 is 11.9 Å². The van der Waals surface area contributed by atoms with Gasteiger partial charge in [-0.3, -0.25) is 9.59 Å². The van der Waals surface area contributed by atoms with E-state index < -0.39 is 35.7 Å². The summed E-state index contributed by atoms with van der Waals surface area (Å²) in [6.45, 7) is 0. The Balaban J connectivity index is 1.74. The van der Waals surface area contributed by atoms with Gasteiger partial charge in [0.25, 0.3) is 5.91 Å². The van der Waals surface area contributed by atoms with E-state index in [0.717, 1.165) is 0 Å². The number of aliphatic carboxylic acids is 1. The van der Waals surface area contributed by atoms with Crippen LogP contribution in [-0.4, -0.2) is 23.1 Å². The first-order valence-electron chi connectivity index (χ1n) is 7.65. The van der Waals surface area contributed by atoms with Crippen LogP contribution in [0.4, 0.5) is 8.78 Å². The Kier molecular flexibility index (Phi) is 4.65. The number of carboxylic acids is 1. The number of hydrogen-bond acceptors (Lipinski definition) is 3. The zero-order chi connectivity index (χ0) is 18.0. The van der Waals surface area contributed by atoms with Crippen LogP contribution in [0.15, 0.2) is 42.5 Å². The summed E-state index contributed by atoms with van der Waals surface area (Å²) in [5.74, 6) is -2.63. The Hall–Kier alpha value is -2.96. The van der Waals surface area contributed by atoms with Gasteiger partial charge in [0.05, 0.1) is 12.5 Å². The molecule has 2 atom stereocenters. The average molecular weight is 347 g/mol. The number of ether oxygens (including phenoxy) is 1. The van der Waals surface area contributed by atoms with Gasteiger partial charge in [-0.1, -0.05) is 24.3 Å². The van der Waals surface area contributed by atoms with E-state index in [9.17, 15) is 18.4 Å². The summed E-state index contributed by atoms with van der Waals surface area (Å²) in [6.07, 6.45) is -1.11. The quantitative estimate of drug-likeness (QED) is 0.872. The van der Waals surface area contributed by atoms with Gasteiger partial charge in [0.2, 0.25) is 0 Å². The van der Waals surface area contributed by atoms with E-state index in [2.05, 4.69) is 5.32 Å². The third-order valence-electron chi connectivity index (χ3n) is 3.97. The van der Waals surface area contributed by atoms with Crippen molar-refractivity contribution in [1.29, 1.82) is 0 Å². The minimum absolute atomic E-state index is 0.0409. The fourth-order valence-corrected chi connectivity index (χ4v) is 2.76. The number of carbonyl (C=O) groups is 2. The van der Waals surface area contributed by atoms with Crippen LogP contribution < -0.4 is 10.1 Å². The van der Waals surface area contributed by atoms with E-state index in [0.29, 0.717) is 11.1 Å². The first kappa shape index (κ1) is 16.9. The van der Waals surface area contributed by atoms with Crippen LogP contribution in [-0.2, 0) is 16.0 Å². The summed E-state index contributed by atoms with van der Waals surface area (Å²) in [7, 11) is 0. The maximum Gasteiger partial charge on any atom is 0.305 e. The molecule has 0 aliphatic carbocycles. The number of carboxylic acid groups (broad SMARTS) is 1. The highest BCUT2D eigenvalue weighted by atomic mass is 19.1. The number of amides is 1. The van der Waals surface area contributed by atoms with E-state index in [1.807, 2.05) is 0 Å². The second kappa shape index (κ2) is 6.88. The van der Waals surface area contributed by atoms with Gasteiger partial charge in [0, 0.05) is 12.0 Å². The summed E-state index contributed by atoms with van der Waals surface area (Å²) >= 11 is 0. The van der Waals surface area contributed by atoms with Crippen molar-refractivity contribution in [1.82, 2.24) is 5.32 Å². The summed E-state index contributed by atoms with van der Waals surface area (Å²) in [4.78, 5) is 23.5. The molecule has 1 aliphatic rings. The number of rotatable bonds is 5. The molecular formula is C18H15F2NO4. The van der Waals surface area contributed by atoms with E-state index in [1.54, 1.807) is 6.07 Å². The van der Waals surface area contributed by atoms with Gasteiger partial charge in [-0.05, 0) is 23.8 Å². The number of halogens is 2. The molecule has 25 heavy (non-hydrogen) atoms. The minimum atomic E-state index is -1.11. The van der Waals surface area contributed by atoms with E-state index >= 15 is 0 Å². The number of benzene rings is 2. The lowest BCUT2D eigenvalue weighted by atomic mass is 10.0. The van der Waals surface area contributed by atoms with Crippen LogP contribution in [0.5, 0.6) is 5.75 Å². The van der Waals surface area contributed by atoms with Crippen LogP contribution in [0.1, 0.15) is 23.6 Å². The molecule has 1 heterocycles. The fourth-order valence-electron chi connectivity index (χ4n) is 2.76. The molecule has 2 aromatic rings. The van der Waals surface area contributed by atoms with Crippen molar-refractivity contribution in [3.63, 3.8) is 0 Å². The highest BCUT2D eigenvalue weighted by Crippen LogP contribution is 2.31. The van der Waals surface area contributed by atoms with Gasteiger partial charge < -0.3 is 15.2 Å². The Morgan fingerprint density at radius 3 is 2.56 bits per heavy atom. The van der Waals surface area contributed by atoms with Crippen molar-refractivity contribution < 1.29 is 28.2 Å². The molecule has 0 saturated heterocycles. The third kappa shape index (κ3) is 3.76. The van der Waals surface area contributed by atoms with Gasteiger partial charge in [-0.15, -0.1) is 0 Å². The van der Waals surface area contributed by atoms with Gasteiger partial charge in [-0.2, -0.15) is 0 Å². The largest absolute Gasteiger partial charge is 0.481 e. The number of nitrogens with one attached hydrogen (secondary N) is 1. The van der Waals surface area contributed by atoms with Gasteiger partial charge in [0.15, 0.2) is 17.7 Å². The fraction of sp³-hybridized carbons (Fsp3) is 0.222. The first-order valence-corrected chi connectivity index (χ1v) is 7.65. The molecule has 2 N–H and O–H groups in total. The summed E-state index contributed by atoms with van der Waals surface area (Å²) in [5.41, 5.74) is 1.04. The van der Waals surface area contributed by atoms with Gasteiger partial charge >= 0.3 is 5.97 Å². The van der Waals surface area contributed by atoms with E-state index in [-0.39, 0.29) is 18.6 Å². The molecule has 0 fully saturated rings. The zero-order valence-electron chi connectivity index (χ0n) is 13.0. The molecule has 2 unspecified atom stereocenters. The van der Waals surface area contributed by atoms with Crippen LogP contribution in [0.2, 0.25) is 0 Å². The SMILES string of the molecule is O=C(O)CC(NC(=O)C1Cc2cccc(F)c2O1)c1ccc(F)cc1. The molecule has 2 aromatic carbocycles. The molecular weight excluding hydrogens is 332 g/mol. The van der Waals surface area contributed by atoms with Crippen LogP contribution in [0.25, 0.3) is 0 Å². The van der Waals surface area contributed by atoms with Crippen molar-refractivity contribution in [2.24, 2.45) is 0 Å². The number of hydrogen-bond donors (Lipinski definition) is 2. The summed E-state index contributed by atoms with van der Waals surface area (Å²) in [6, 6.07) is 8.79. The van der Waals surface area contributed by atoms with Crippen LogP contribution in [0.3, 0.4) is 0 Å². The predicted octanol–water partition coefficient (Wildman–Crippen LogP) is 2.60. The molecule has 0 spiro atoms. The normalized spacial score (nSPS) is 16.6. The highest BCUT2D eigenvalue weighted by Gasteiger charge is 2.32. The molecule has 7 heteroatoms. The Bertz CT molecular complexity index is 807. The Labute approximate surface area is 142 Å². The lowest BCUT2D eigenvalue weighted by Crippen LogP contribution is -2.40. The first-order chi connectivity index (χ1) is 11.9. The monoisotopic (exact) mass is 347 g/mol. The third-order valence-corrected chi connectivity index (χ3v) is 3.97. The molecule has 1 aliphatic heterocycles. The Morgan fingerprint density at radius 2 is 1.92 bits per heavy atom. The molecule has 5 nitrogen and oxygen atoms in total. The molecule has 0 aromatic heterocycles. The average Bonchev–Trinajstić information content (AvgIpc) is 3.00. The maximum atomic E-state index is 13.7. The molecule has 0 saturated carbocycles. The van der Waals surface area contributed by atoms with Gasteiger partial charge in [0.1, 0.15) is 5.82 Å². The molecule has 3 rings (SSSR count). The number of carbonyl (C=O) groups excluding carboxylic acids is 1. The lowest BCUT2D eigenvalue weighted by molar-refractivity contribution is -0.138. The number of para-hydroxylation sites is 1. The second-order valence-corrected chi connectivity index (χ2v) is 5.75. The highest BCUT2D eigenvalue weighted by molar-refractivity contribution is 5.83. The predicted molar refractivity (Wildman–Crippen MR) is 84.1 cm³/mol. The zero-order valence-corrected chi connectivity index (χ0v) is 13.0. The summed E-state index contributed by atoms with van der Waals surface area (Å²) in [5, 5.41) is 11.6. The van der Waals surface area contributed by atoms with Gasteiger partial charge in [-0.25, -0.2) is 8.78 Å². The molecule has 130 valence electrons. The van der Waals surface area contributed by atoms with Crippen LogP contribution >= 0.6 is 0 Å². The van der Waals surface area contributed by atoms with E-state index in [4.69, 9.17) is 9.84 Å².